The van der Waals surface area contributed by atoms with Crippen LogP contribution in [-0.2, 0) is 10.0 Å². The quantitative estimate of drug-likeness (QED) is 0.459. The van der Waals surface area contributed by atoms with Crippen molar-refractivity contribution < 1.29 is 17.7 Å². The first-order valence-corrected chi connectivity index (χ1v) is 10.9. The maximum absolute atomic E-state index is 12.5. The third-order valence-corrected chi connectivity index (χ3v) is 5.93. The molecule has 0 fully saturated rings. The molecular formula is C23H19N3O4S. The van der Waals surface area contributed by atoms with Gasteiger partial charge in [-0.15, -0.1) is 0 Å². The summed E-state index contributed by atoms with van der Waals surface area (Å²) in [5.41, 5.74) is 3.24. The first kappa shape index (κ1) is 20.4. The highest BCUT2D eigenvalue weighted by molar-refractivity contribution is 7.92. The minimum absolute atomic E-state index is 0.0722. The highest BCUT2D eigenvalue weighted by Crippen LogP contribution is 2.21. The van der Waals surface area contributed by atoms with Crippen molar-refractivity contribution in [1.29, 1.82) is 0 Å². The van der Waals surface area contributed by atoms with Gasteiger partial charge >= 0.3 is 0 Å². The molecule has 1 aromatic heterocycles. The number of hydrogen-bond acceptors (Lipinski definition) is 5. The second-order valence-electron chi connectivity index (χ2n) is 6.89. The average molecular weight is 433 g/mol. The van der Waals surface area contributed by atoms with Gasteiger partial charge in [0.05, 0.1) is 4.90 Å². The zero-order valence-electron chi connectivity index (χ0n) is 16.6. The molecule has 156 valence electrons. The Morgan fingerprint density at radius 1 is 0.871 bits per heavy atom. The molecule has 31 heavy (non-hydrogen) atoms. The predicted octanol–water partition coefficient (Wildman–Crippen LogP) is 4.70. The normalized spacial score (nSPS) is 11.1. The Hall–Kier alpha value is -3.91. The molecule has 0 spiro atoms. The number of rotatable bonds is 6. The van der Waals surface area contributed by atoms with E-state index < -0.39 is 15.9 Å². The molecule has 0 radical (unpaired) electrons. The molecule has 0 aliphatic heterocycles. The van der Waals surface area contributed by atoms with Crippen LogP contribution in [0.25, 0.3) is 11.3 Å². The number of nitrogens with one attached hydrogen (secondary N) is 2. The summed E-state index contributed by atoms with van der Waals surface area (Å²) in [4.78, 5) is 12.6. The molecule has 8 heteroatoms. The third-order valence-electron chi connectivity index (χ3n) is 4.53. The molecule has 3 aromatic carbocycles. The van der Waals surface area contributed by atoms with Crippen molar-refractivity contribution in [3.63, 3.8) is 0 Å². The van der Waals surface area contributed by atoms with Crippen molar-refractivity contribution in [2.24, 2.45) is 0 Å². The fraction of sp³-hybridized carbons (Fsp3) is 0.0435. The van der Waals surface area contributed by atoms with E-state index >= 15 is 0 Å². The zero-order valence-corrected chi connectivity index (χ0v) is 17.4. The topological polar surface area (TPSA) is 101 Å². The second kappa shape index (κ2) is 8.45. The molecular weight excluding hydrogens is 414 g/mol. The number of anilines is 2. The molecule has 0 aliphatic rings. The standard InChI is InChI=1S/C23H19N3O4S/c1-16-7-13-20(14-8-16)31(28,29)26-19-11-9-18(10-12-19)24-23(27)22-15-21(25-30-22)17-5-3-2-4-6-17/h2-15,26H,1H3,(H,24,27). The first-order chi connectivity index (χ1) is 14.9. The Labute approximate surface area is 179 Å². The summed E-state index contributed by atoms with van der Waals surface area (Å²) < 4.78 is 32.6. The van der Waals surface area contributed by atoms with Crippen molar-refractivity contribution in [3.05, 3.63) is 96.3 Å². The minimum atomic E-state index is -3.69. The molecule has 0 saturated heterocycles. The van der Waals surface area contributed by atoms with E-state index in [1.165, 1.54) is 0 Å². The molecule has 1 heterocycles. The summed E-state index contributed by atoms with van der Waals surface area (Å²) in [6.45, 7) is 1.89. The summed E-state index contributed by atoms with van der Waals surface area (Å²) in [5.74, 6) is -0.384. The van der Waals surface area contributed by atoms with Crippen LogP contribution in [0, 0.1) is 6.92 Å². The van der Waals surface area contributed by atoms with E-state index in [0.717, 1.165) is 11.1 Å². The number of amides is 1. The van der Waals surface area contributed by atoms with E-state index in [1.54, 1.807) is 54.6 Å². The molecule has 2 N–H and O–H groups in total. The largest absolute Gasteiger partial charge is 0.350 e. The van der Waals surface area contributed by atoms with E-state index in [1.807, 2.05) is 37.3 Å². The van der Waals surface area contributed by atoms with Crippen molar-refractivity contribution in [2.75, 3.05) is 10.0 Å². The van der Waals surface area contributed by atoms with Gasteiger partial charge in [0.15, 0.2) is 0 Å². The van der Waals surface area contributed by atoms with Crippen molar-refractivity contribution in [3.8, 4) is 11.3 Å². The molecule has 0 unspecified atom stereocenters. The van der Waals surface area contributed by atoms with Gasteiger partial charge in [0.25, 0.3) is 15.9 Å². The van der Waals surface area contributed by atoms with Crippen LogP contribution in [0.4, 0.5) is 11.4 Å². The molecule has 0 bridgehead atoms. The maximum Gasteiger partial charge on any atom is 0.294 e. The number of carbonyl (C=O) groups is 1. The fourth-order valence-electron chi connectivity index (χ4n) is 2.87. The van der Waals surface area contributed by atoms with E-state index in [4.69, 9.17) is 4.52 Å². The van der Waals surface area contributed by atoms with Gasteiger partial charge in [0, 0.05) is 23.0 Å². The number of aryl methyl sites for hydroxylation is 1. The van der Waals surface area contributed by atoms with E-state index in [0.29, 0.717) is 17.1 Å². The van der Waals surface area contributed by atoms with Crippen LogP contribution in [0.15, 0.2) is 94.3 Å². The van der Waals surface area contributed by atoms with E-state index in [-0.39, 0.29) is 10.7 Å². The van der Waals surface area contributed by atoms with Gasteiger partial charge in [0.1, 0.15) is 5.69 Å². The van der Waals surface area contributed by atoms with Crippen LogP contribution < -0.4 is 10.0 Å². The van der Waals surface area contributed by atoms with Crippen LogP contribution in [-0.4, -0.2) is 19.5 Å². The lowest BCUT2D eigenvalue weighted by Gasteiger charge is -2.09. The Morgan fingerprint density at radius 3 is 2.19 bits per heavy atom. The van der Waals surface area contributed by atoms with Crippen molar-refractivity contribution in [1.82, 2.24) is 5.16 Å². The highest BCUT2D eigenvalue weighted by atomic mass is 32.2. The lowest BCUT2D eigenvalue weighted by atomic mass is 10.1. The fourth-order valence-corrected chi connectivity index (χ4v) is 3.93. The van der Waals surface area contributed by atoms with Crippen LogP contribution in [0.3, 0.4) is 0 Å². The number of aromatic nitrogens is 1. The molecule has 1 amide bonds. The van der Waals surface area contributed by atoms with Crippen LogP contribution in [0.1, 0.15) is 16.1 Å². The van der Waals surface area contributed by atoms with Gasteiger partial charge in [-0.3, -0.25) is 9.52 Å². The van der Waals surface area contributed by atoms with E-state index in [2.05, 4.69) is 15.2 Å². The molecule has 4 rings (SSSR count). The SMILES string of the molecule is Cc1ccc(S(=O)(=O)Nc2ccc(NC(=O)c3cc(-c4ccccc4)no3)cc2)cc1. The number of hydrogen-bond donors (Lipinski definition) is 2. The predicted molar refractivity (Wildman–Crippen MR) is 118 cm³/mol. The van der Waals surface area contributed by atoms with Gasteiger partial charge in [-0.05, 0) is 43.3 Å². The number of sulfonamides is 1. The highest BCUT2D eigenvalue weighted by Gasteiger charge is 2.16. The maximum atomic E-state index is 12.5. The number of benzene rings is 3. The smallest absolute Gasteiger partial charge is 0.294 e. The lowest BCUT2D eigenvalue weighted by molar-refractivity contribution is 0.0988. The van der Waals surface area contributed by atoms with Gasteiger partial charge in [-0.1, -0.05) is 53.2 Å². The lowest BCUT2D eigenvalue weighted by Crippen LogP contribution is -2.13. The molecule has 0 aliphatic carbocycles. The summed E-state index contributed by atoms with van der Waals surface area (Å²) in [7, 11) is -3.69. The van der Waals surface area contributed by atoms with Crippen LogP contribution in [0.2, 0.25) is 0 Å². The Kier molecular flexibility index (Phi) is 5.55. The average Bonchev–Trinajstić information content (AvgIpc) is 3.26. The first-order valence-electron chi connectivity index (χ1n) is 9.44. The van der Waals surface area contributed by atoms with Crippen LogP contribution >= 0.6 is 0 Å². The summed E-state index contributed by atoms with van der Waals surface area (Å²) in [6, 6.07) is 23.8. The van der Waals surface area contributed by atoms with E-state index in [9.17, 15) is 13.2 Å². The van der Waals surface area contributed by atoms with Gasteiger partial charge < -0.3 is 9.84 Å². The van der Waals surface area contributed by atoms with Gasteiger partial charge in [-0.2, -0.15) is 0 Å². The summed E-state index contributed by atoms with van der Waals surface area (Å²) in [5, 5.41) is 6.63. The van der Waals surface area contributed by atoms with Gasteiger partial charge in [-0.25, -0.2) is 8.42 Å². The Balaban J connectivity index is 1.42. The molecule has 0 atom stereocenters. The van der Waals surface area contributed by atoms with Crippen molar-refractivity contribution >= 4 is 27.3 Å². The Morgan fingerprint density at radius 2 is 1.52 bits per heavy atom. The second-order valence-corrected chi connectivity index (χ2v) is 8.57. The molecule has 0 saturated carbocycles. The van der Waals surface area contributed by atoms with Gasteiger partial charge in [0.2, 0.25) is 5.76 Å². The van der Waals surface area contributed by atoms with Crippen molar-refractivity contribution in [2.45, 2.75) is 11.8 Å². The number of nitrogens with zero attached hydrogens (tertiary/aromatic N) is 1. The molecule has 4 aromatic rings. The summed E-state index contributed by atoms with van der Waals surface area (Å²) in [6.07, 6.45) is 0. The summed E-state index contributed by atoms with van der Waals surface area (Å²) >= 11 is 0. The molecule has 7 nitrogen and oxygen atoms in total. The zero-order chi connectivity index (χ0) is 21.8. The Bertz CT molecular complexity index is 1300. The minimum Gasteiger partial charge on any atom is -0.350 e. The monoisotopic (exact) mass is 433 g/mol. The third kappa shape index (κ3) is 4.81. The van der Waals surface area contributed by atoms with Crippen LogP contribution in [0.5, 0.6) is 0 Å². The number of carbonyl (C=O) groups excluding carboxylic acids is 1.